The van der Waals surface area contributed by atoms with Crippen molar-refractivity contribution in [3.8, 4) is 0 Å². The van der Waals surface area contributed by atoms with Crippen molar-refractivity contribution in [3.63, 3.8) is 0 Å². The lowest BCUT2D eigenvalue weighted by Crippen LogP contribution is -2.27. The SMILES string of the molecule is Cc1ccccc1CN(C)C(=O)c1c(C)noc1C(C)C. The smallest absolute Gasteiger partial charge is 0.259 e. The molecule has 4 nitrogen and oxygen atoms in total. The van der Waals surface area contributed by atoms with Gasteiger partial charge in [0.1, 0.15) is 5.56 Å². The number of carbonyl (C=O) groups is 1. The molecule has 0 saturated heterocycles. The minimum absolute atomic E-state index is 0.0410. The van der Waals surface area contributed by atoms with E-state index in [1.165, 1.54) is 5.56 Å². The Kier molecular flexibility index (Phi) is 4.46. The first-order valence-corrected chi connectivity index (χ1v) is 7.18. The third-order valence-corrected chi connectivity index (χ3v) is 3.64. The maximum Gasteiger partial charge on any atom is 0.259 e. The number of nitrogens with zero attached hydrogens (tertiary/aromatic N) is 2. The molecule has 1 amide bonds. The Morgan fingerprint density at radius 1 is 1.29 bits per heavy atom. The summed E-state index contributed by atoms with van der Waals surface area (Å²) in [5, 5.41) is 3.94. The van der Waals surface area contributed by atoms with E-state index in [2.05, 4.69) is 18.1 Å². The summed E-state index contributed by atoms with van der Waals surface area (Å²) in [5.74, 6) is 0.756. The Balaban J connectivity index is 2.24. The van der Waals surface area contributed by atoms with Gasteiger partial charge in [-0.3, -0.25) is 4.79 Å². The fraction of sp³-hybridized carbons (Fsp3) is 0.412. The van der Waals surface area contributed by atoms with Crippen LogP contribution in [0.4, 0.5) is 0 Å². The van der Waals surface area contributed by atoms with Gasteiger partial charge in [-0.25, -0.2) is 0 Å². The van der Waals surface area contributed by atoms with Gasteiger partial charge in [0.25, 0.3) is 5.91 Å². The van der Waals surface area contributed by atoms with E-state index >= 15 is 0 Å². The van der Waals surface area contributed by atoms with Gasteiger partial charge in [0.15, 0.2) is 5.76 Å². The molecule has 112 valence electrons. The van der Waals surface area contributed by atoms with Gasteiger partial charge >= 0.3 is 0 Å². The van der Waals surface area contributed by atoms with Crippen molar-refractivity contribution < 1.29 is 9.32 Å². The summed E-state index contributed by atoms with van der Waals surface area (Å²) in [4.78, 5) is 14.4. The Morgan fingerprint density at radius 3 is 2.57 bits per heavy atom. The molecule has 4 heteroatoms. The molecule has 21 heavy (non-hydrogen) atoms. The molecule has 2 aromatic rings. The molecular weight excluding hydrogens is 264 g/mol. The quantitative estimate of drug-likeness (QED) is 0.861. The number of aryl methyl sites for hydroxylation is 2. The van der Waals surface area contributed by atoms with Crippen molar-refractivity contribution in [3.05, 3.63) is 52.4 Å². The molecule has 0 saturated carbocycles. The first-order valence-electron chi connectivity index (χ1n) is 7.18. The standard InChI is InChI=1S/C17H22N2O2/c1-11(2)16-15(13(4)18-21-16)17(20)19(5)10-14-9-7-6-8-12(14)3/h6-9,11H,10H2,1-5H3. The van der Waals surface area contributed by atoms with Crippen LogP contribution in [-0.2, 0) is 6.54 Å². The Bertz CT molecular complexity index is 644. The fourth-order valence-corrected chi connectivity index (χ4v) is 2.35. The molecule has 0 N–H and O–H groups in total. The van der Waals surface area contributed by atoms with Crippen molar-refractivity contribution in [2.45, 2.75) is 40.2 Å². The van der Waals surface area contributed by atoms with E-state index in [9.17, 15) is 4.79 Å². The van der Waals surface area contributed by atoms with Crippen LogP contribution in [0.1, 0.15) is 52.7 Å². The second kappa shape index (κ2) is 6.12. The van der Waals surface area contributed by atoms with Crippen LogP contribution in [0.2, 0.25) is 0 Å². The minimum atomic E-state index is -0.0410. The summed E-state index contributed by atoms with van der Waals surface area (Å²) in [6.07, 6.45) is 0. The number of amides is 1. The molecule has 0 spiro atoms. The summed E-state index contributed by atoms with van der Waals surface area (Å²) in [7, 11) is 1.81. The van der Waals surface area contributed by atoms with Crippen LogP contribution in [0.5, 0.6) is 0 Å². The summed E-state index contributed by atoms with van der Waals surface area (Å²) < 4.78 is 5.30. The van der Waals surface area contributed by atoms with Crippen LogP contribution >= 0.6 is 0 Å². The summed E-state index contributed by atoms with van der Waals surface area (Å²) in [5.41, 5.74) is 3.58. The average molecular weight is 286 g/mol. The first kappa shape index (κ1) is 15.3. The monoisotopic (exact) mass is 286 g/mol. The lowest BCUT2D eigenvalue weighted by atomic mass is 10.0. The van der Waals surface area contributed by atoms with E-state index in [1.54, 1.807) is 4.90 Å². The molecule has 0 aliphatic carbocycles. The highest BCUT2D eigenvalue weighted by molar-refractivity contribution is 5.96. The molecule has 1 aromatic carbocycles. The molecule has 1 heterocycles. The molecule has 0 radical (unpaired) electrons. The normalized spacial score (nSPS) is 11.0. The maximum absolute atomic E-state index is 12.7. The van der Waals surface area contributed by atoms with Crippen LogP contribution < -0.4 is 0 Å². The molecule has 0 aliphatic heterocycles. The van der Waals surface area contributed by atoms with Gasteiger partial charge < -0.3 is 9.42 Å². The second-order valence-electron chi connectivity index (χ2n) is 5.75. The molecule has 0 unspecified atom stereocenters. The zero-order chi connectivity index (χ0) is 15.6. The maximum atomic E-state index is 12.7. The number of benzene rings is 1. The van der Waals surface area contributed by atoms with Gasteiger partial charge in [0, 0.05) is 19.5 Å². The summed E-state index contributed by atoms with van der Waals surface area (Å²) >= 11 is 0. The molecule has 0 atom stereocenters. The fourth-order valence-electron chi connectivity index (χ4n) is 2.35. The van der Waals surface area contributed by atoms with Crippen molar-refractivity contribution in [1.29, 1.82) is 0 Å². The predicted octanol–water partition coefficient (Wildman–Crippen LogP) is 3.69. The van der Waals surface area contributed by atoms with Crippen LogP contribution in [0.15, 0.2) is 28.8 Å². The summed E-state index contributed by atoms with van der Waals surface area (Å²) in [6, 6.07) is 8.09. The van der Waals surface area contributed by atoms with Crippen LogP contribution in [0.3, 0.4) is 0 Å². The molecule has 1 aromatic heterocycles. The van der Waals surface area contributed by atoms with E-state index in [0.717, 1.165) is 5.56 Å². The average Bonchev–Trinajstić information content (AvgIpc) is 2.82. The van der Waals surface area contributed by atoms with Gasteiger partial charge in [-0.05, 0) is 25.0 Å². The van der Waals surface area contributed by atoms with Crippen LogP contribution in [0, 0.1) is 13.8 Å². The highest BCUT2D eigenvalue weighted by Gasteiger charge is 2.25. The highest BCUT2D eigenvalue weighted by atomic mass is 16.5. The molecule has 0 aliphatic rings. The van der Waals surface area contributed by atoms with E-state index in [1.807, 2.05) is 46.0 Å². The Morgan fingerprint density at radius 2 is 1.95 bits per heavy atom. The zero-order valence-corrected chi connectivity index (χ0v) is 13.3. The van der Waals surface area contributed by atoms with Gasteiger partial charge in [0.2, 0.25) is 0 Å². The molecular formula is C17H22N2O2. The Labute approximate surface area is 125 Å². The number of rotatable bonds is 4. The third kappa shape index (κ3) is 3.15. The van der Waals surface area contributed by atoms with Crippen LogP contribution in [0.25, 0.3) is 0 Å². The van der Waals surface area contributed by atoms with Crippen molar-refractivity contribution >= 4 is 5.91 Å². The highest BCUT2D eigenvalue weighted by Crippen LogP contribution is 2.24. The zero-order valence-electron chi connectivity index (χ0n) is 13.3. The van der Waals surface area contributed by atoms with E-state index in [4.69, 9.17) is 4.52 Å². The Hall–Kier alpha value is -2.10. The van der Waals surface area contributed by atoms with Crippen LogP contribution in [-0.4, -0.2) is 23.0 Å². The number of carbonyl (C=O) groups excluding carboxylic acids is 1. The van der Waals surface area contributed by atoms with E-state index in [0.29, 0.717) is 23.6 Å². The van der Waals surface area contributed by atoms with E-state index < -0.39 is 0 Å². The van der Waals surface area contributed by atoms with Gasteiger partial charge in [0.05, 0.1) is 5.69 Å². The number of hydrogen-bond donors (Lipinski definition) is 0. The predicted molar refractivity (Wildman–Crippen MR) is 82.3 cm³/mol. The molecule has 0 fully saturated rings. The van der Waals surface area contributed by atoms with Crippen molar-refractivity contribution in [2.24, 2.45) is 0 Å². The third-order valence-electron chi connectivity index (χ3n) is 3.64. The van der Waals surface area contributed by atoms with Gasteiger partial charge in [-0.15, -0.1) is 0 Å². The number of hydrogen-bond acceptors (Lipinski definition) is 3. The van der Waals surface area contributed by atoms with Gasteiger partial charge in [-0.1, -0.05) is 43.3 Å². The van der Waals surface area contributed by atoms with E-state index in [-0.39, 0.29) is 11.8 Å². The first-order chi connectivity index (χ1) is 9.91. The minimum Gasteiger partial charge on any atom is -0.360 e. The second-order valence-corrected chi connectivity index (χ2v) is 5.75. The molecule has 2 rings (SSSR count). The van der Waals surface area contributed by atoms with Crippen molar-refractivity contribution in [1.82, 2.24) is 10.1 Å². The lowest BCUT2D eigenvalue weighted by Gasteiger charge is -2.19. The topological polar surface area (TPSA) is 46.3 Å². The summed E-state index contributed by atoms with van der Waals surface area (Å²) in [6.45, 7) is 8.44. The van der Waals surface area contributed by atoms with Crippen molar-refractivity contribution in [2.75, 3.05) is 7.05 Å². The lowest BCUT2D eigenvalue weighted by molar-refractivity contribution is 0.0781. The largest absolute Gasteiger partial charge is 0.360 e. The van der Waals surface area contributed by atoms with Gasteiger partial charge in [-0.2, -0.15) is 0 Å². The number of aromatic nitrogens is 1. The molecule has 0 bridgehead atoms.